The number of hydrogen-bond acceptors (Lipinski definition) is 4. The molecule has 6 heteroatoms. The summed E-state index contributed by atoms with van der Waals surface area (Å²) in [5, 5.41) is 8.57. The molecule has 1 unspecified atom stereocenters. The van der Waals surface area contributed by atoms with Gasteiger partial charge in [-0.2, -0.15) is 5.26 Å². The van der Waals surface area contributed by atoms with E-state index in [1.165, 1.54) is 6.20 Å². The first-order valence-corrected chi connectivity index (χ1v) is 4.43. The van der Waals surface area contributed by atoms with Gasteiger partial charge in [-0.1, -0.05) is 0 Å². The first-order chi connectivity index (χ1) is 6.13. The molecule has 13 heavy (non-hydrogen) atoms. The first-order valence-electron chi connectivity index (χ1n) is 3.36. The Hall–Kier alpha value is -1.45. The van der Waals surface area contributed by atoms with E-state index in [4.69, 9.17) is 5.26 Å². The molecule has 1 atom stereocenters. The summed E-state index contributed by atoms with van der Waals surface area (Å²) in [5.41, 5.74) is 1.05. The Morgan fingerprint density at radius 3 is 3.00 bits per heavy atom. The van der Waals surface area contributed by atoms with Gasteiger partial charge in [-0.05, 0) is 18.6 Å². The summed E-state index contributed by atoms with van der Waals surface area (Å²) in [4.78, 5) is 3.75. The standard InChI is InChI=1S/C7H7N3O2S/c1-5-2-6(10-13(11)12)7(3-8)9-4-5/h2,4,10H,1H3,(H,11,12)/p-1. The van der Waals surface area contributed by atoms with Crippen molar-refractivity contribution in [3.63, 3.8) is 0 Å². The van der Waals surface area contributed by atoms with Gasteiger partial charge >= 0.3 is 0 Å². The molecule has 1 aromatic heterocycles. The summed E-state index contributed by atoms with van der Waals surface area (Å²) >= 11 is -2.43. The number of aryl methyl sites for hydroxylation is 1. The van der Waals surface area contributed by atoms with Crippen LogP contribution in [0.1, 0.15) is 11.3 Å². The van der Waals surface area contributed by atoms with Crippen LogP contribution in [0.5, 0.6) is 0 Å². The van der Waals surface area contributed by atoms with Gasteiger partial charge in [0.15, 0.2) is 5.69 Å². The highest BCUT2D eigenvalue weighted by Crippen LogP contribution is 2.13. The van der Waals surface area contributed by atoms with Gasteiger partial charge in [-0.25, -0.2) is 4.98 Å². The van der Waals surface area contributed by atoms with Gasteiger partial charge in [0.1, 0.15) is 6.07 Å². The SMILES string of the molecule is Cc1cnc(C#N)c(NS(=O)[O-])c1. The van der Waals surface area contributed by atoms with Crippen molar-refractivity contribution in [1.29, 1.82) is 5.26 Å². The Morgan fingerprint density at radius 2 is 2.46 bits per heavy atom. The maximum Gasteiger partial charge on any atom is 0.164 e. The highest BCUT2D eigenvalue weighted by molar-refractivity contribution is 7.80. The van der Waals surface area contributed by atoms with E-state index in [9.17, 15) is 8.76 Å². The van der Waals surface area contributed by atoms with Crippen molar-refractivity contribution < 1.29 is 8.76 Å². The predicted molar refractivity (Wildman–Crippen MR) is 46.2 cm³/mol. The topological polar surface area (TPSA) is 88.8 Å². The Balaban J connectivity index is 3.10. The van der Waals surface area contributed by atoms with Gasteiger partial charge in [0.05, 0.1) is 5.69 Å². The summed E-state index contributed by atoms with van der Waals surface area (Å²) in [6.07, 6.45) is 1.50. The zero-order valence-corrected chi connectivity index (χ0v) is 7.59. The molecule has 1 aromatic rings. The third-order valence-corrected chi connectivity index (χ3v) is 1.71. The molecule has 68 valence electrons. The van der Waals surface area contributed by atoms with E-state index in [1.54, 1.807) is 19.1 Å². The van der Waals surface area contributed by atoms with Crippen LogP contribution in [0.15, 0.2) is 12.3 Å². The van der Waals surface area contributed by atoms with Crippen molar-refractivity contribution in [2.75, 3.05) is 4.72 Å². The van der Waals surface area contributed by atoms with Crippen molar-refractivity contribution >= 4 is 17.0 Å². The lowest BCUT2D eigenvalue weighted by atomic mass is 10.2. The number of nitriles is 1. The van der Waals surface area contributed by atoms with E-state index < -0.39 is 11.3 Å². The highest BCUT2D eigenvalue weighted by atomic mass is 32.2. The lowest BCUT2D eigenvalue weighted by molar-refractivity contribution is 0.542. The van der Waals surface area contributed by atoms with Crippen LogP contribution in [-0.2, 0) is 11.3 Å². The smallest absolute Gasteiger partial charge is 0.164 e. The number of pyridine rings is 1. The summed E-state index contributed by atoms with van der Waals surface area (Å²) in [5.74, 6) is 0. The third-order valence-electron chi connectivity index (χ3n) is 1.32. The van der Waals surface area contributed by atoms with Gasteiger partial charge in [0.2, 0.25) is 0 Å². The Labute approximate surface area is 77.8 Å². The van der Waals surface area contributed by atoms with E-state index >= 15 is 0 Å². The monoisotopic (exact) mass is 196 g/mol. The molecule has 1 heterocycles. The van der Waals surface area contributed by atoms with Crippen LogP contribution in [-0.4, -0.2) is 13.7 Å². The van der Waals surface area contributed by atoms with Crippen LogP contribution in [0.3, 0.4) is 0 Å². The minimum atomic E-state index is -2.43. The van der Waals surface area contributed by atoms with Crippen LogP contribution in [0.25, 0.3) is 0 Å². The average molecular weight is 196 g/mol. The predicted octanol–water partition coefficient (Wildman–Crippen LogP) is 0.468. The number of rotatable bonds is 2. The molecule has 0 radical (unpaired) electrons. The molecule has 0 saturated heterocycles. The fraction of sp³-hybridized carbons (Fsp3) is 0.143. The molecule has 0 saturated carbocycles. The van der Waals surface area contributed by atoms with Crippen LogP contribution in [0, 0.1) is 18.3 Å². The Kier molecular flexibility index (Phi) is 2.95. The average Bonchev–Trinajstić information content (AvgIpc) is 2.03. The van der Waals surface area contributed by atoms with Crippen molar-refractivity contribution in [1.82, 2.24) is 4.98 Å². The number of anilines is 1. The summed E-state index contributed by atoms with van der Waals surface area (Å²) in [6.45, 7) is 1.76. The van der Waals surface area contributed by atoms with Crippen LogP contribution >= 0.6 is 0 Å². The highest BCUT2D eigenvalue weighted by Gasteiger charge is 2.02. The van der Waals surface area contributed by atoms with Crippen molar-refractivity contribution in [2.45, 2.75) is 6.92 Å². The molecule has 0 aromatic carbocycles. The van der Waals surface area contributed by atoms with Crippen LogP contribution in [0.2, 0.25) is 0 Å². The molecule has 0 fully saturated rings. The second-order valence-electron chi connectivity index (χ2n) is 2.36. The Bertz CT molecular complexity index is 386. The fourth-order valence-electron chi connectivity index (χ4n) is 0.826. The van der Waals surface area contributed by atoms with E-state index in [1.807, 2.05) is 0 Å². The van der Waals surface area contributed by atoms with Crippen molar-refractivity contribution in [3.05, 3.63) is 23.5 Å². The van der Waals surface area contributed by atoms with Gasteiger partial charge in [0.25, 0.3) is 0 Å². The molecule has 0 amide bonds. The molecule has 1 rings (SSSR count). The first kappa shape index (κ1) is 9.64. The van der Waals surface area contributed by atoms with E-state index in [0.717, 1.165) is 5.56 Å². The van der Waals surface area contributed by atoms with Crippen LogP contribution in [0.4, 0.5) is 5.69 Å². The van der Waals surface area contributed by atoms with E-state index in [2.05, 4.69) is 9.71 Å². The van der Waals surface area contributed by atoms with Gasteiger partial charge in [0, 0.05) is 17.5 Å². The molecule has 0 aliphatic carbocycles. The molecule has 0 aliphatic rings. The number of nitrogens with zero attached hydrogens (tertiary/aromatic N) is 2. The molecule has 0 aliphatic heterocycles. The molecule has 0 bridgehead atoms. The minimum absolute atomic E-state index is 0.0646. The quantitative estimate of drug-likeness (QED) is 0.696. The maximum absolute atomic E-state index is 10.3. The van der Waals surface area contributed by atoms with E-state index in [-0.39, 0.29) is 11.4 Å². The van der Waals surface area contributed by atoms with E-state index in [0.29, 0.717) is 0 Å². The van der Waals surface area contributed by atoms with Gasteiger partial charge in [-0.3, -0.25) is 4.21 Å². The summed E-state index contributed by atoms with van der Waals surface area (Å²) in [7, 11) is 0. The fourth-order valence-corrected chi connectivity index (χ4v) is 1.16. The normalized spacial score (nSPS) is 11.8. The van der Waals surface area contributed by atoms with Crippen LogP contribution < -0.4 is 4.72 Å². The molecule has 1 N–H and O–H groups in total. The zero-order valence-electron chi connectivity index (χ0n) is 6.77. The summed E-state index contributed by atoms with van der Waals surface area (Å²) < 4.78 is 22.7. The second kappa shape index (κ2) is 3.98. The number of hydrogen-bond donors (Lipinski definition) is 1. The lowest BCUT2D eigenvalue weighted by Crippen LogP contribution is -2.05. The number of aromatic nitrogens is 1. The molecular formula is C7H6N3O2S-. The van der Waals surface area contributed by atoms with Crippen molar-refractivity contribution in [2.24, 2.45) is 0 Å². The number of nitrogens with one attached hydrogen (secondary N) is 1. The zero-order chi connectivity index (χ0) is 9.84. The molecule has 5 nitrogen and oxygen atoms in total. The second-order valence-corrected chi connectivity index (χ2v) is 3.03. The lowest BCUT2D eigenvalue weighted by Gasteiger charge is -2.09. The summed E-state index contributed by atoms with van der Waals surface area (Å²) in [6, 6.07) is 3.32. The molecule has 0 spiro atoms. The minimum Gasteiger partial charge on any atom is -0.755 e. The van der Waals surface area contributed by atoms with Gasteiger partial charge in [-0.15, -0.1) is 0 Å². The molecular weight excluding hydrogens is 190 g/mol. The third kappa shape index (κ3) is 2.50. The maximum atomic E-state index is 10.3. The van der Waals surface area contributed by atoms with Gasteiger partial charge < -0.3 is 9.27 Å². The van der Waals surface area contributed by atoms with Crippen molar-refractivity contribution in [3.8, 4) is 6.07 Å². The Morgan fingerprint density at radius 1 is 1.77 bits per heavy atom. The largest absolute Gasteiger partial charge is 0.755 e.